The Hall–Kier alpha value is -1.56. The molecule has 0 aliphatic heterocycles. The molecule has 6 heteroatoms. The Balaban J connectivity index is 1.99. The summed E-state index contributed by atoms with van der Waals surface area (Å²) in [6.45, 7) is 2.61. The highest BCUT2D eigenvalue weighted by atomic mass is 32.1. The molecule has 1 fully saturated rings. The number of rotatable bonds is 4. The molecule has 116 valence electrons. The van der Waals surface area contributed by atoms with E-state index in [1.165, 1.54) is 4.90 Å². The van der Waals surface area contributed by atoms with E-state index in [0.717, 1.165) is 18.4 Å². The van der Waals surface area contributed by atoms with Crippen LogP contribution in [-0.4, -0.2) is 34.6 Å². The summed E-state index contributed by atoms with van der Waals surface area (Å²) in [7, 11) is 1.69. The number of carboxylic acids is 1. The van der Waals surface area contributed by atoms with Crippen molar-refractivity contribution < 1.29 is 14.7 Å². The lowest BCUT2D eigenvalue weighted by Gasteiger charge is -2.37. The fraction of sp³-hybridized carbons (Fsp3) is 0.600. The first-order valence-electron chi connectivity index (χ1n) is 7.21. The van der Waals surface area contributed by atoms with Crippen molar-refractivity contribution in [2.24, 2.45) is 5.92 Å². The quantitative estimate of drug-likeness (QED) is 0.898. The van der Waals surface area contributed by atoms with E-state index in [1.807, 2.05) is 16.8 Å². The summed E-state index contributed by atoms with van der Waals surface area (Å²) in [5.41, 5.74) is -0.0498. The van der Waals surface area contributed by atoms with Gasteiger partial charge in [0.1, 0.15) is 5.54 Å². The van der Waals surface area contributed by atoms with E-state index in [4.69, 9.17) is 0 Å². The van der Waals surface area contributed by atoms with E-state index in [0.29, 0.717) is 25.3 Å². The van der Waals surface area contributed by atoms with Gasteiger partial charge in [0.05, 0.1) is 0 Å². The maximum atomic E-state index is 12.3. The summed E-state index contributed by atoms with van der Waals surface area (Å²) < 4.78 is 0. The average Bonchev–Trinajstić information content (AvgIpc) is 2.94. The minimum absolute atomic E-state index is 0.321. The maximum absolute atomic E-state index is 12.3. The Morgan fingerprint density at radius 2 is 2.14 bits per heavy atom. The molecule has 1 saturated carbocycles. The van der Waals surface area contributed by atoms with E-state index < -0.39 is 11.5 Å². The number of aliphatic carboxylic acids is 1. The molecule has 2 N–H and O–H groups in total. The predicted octanol–water partition coefficient (Wildman–Crippen LogP) is 2.92. The van der Waals surface area contributed by atoms with E-state index in [1.54, 1.807) is 18.4 Å². The number of hydrogen-bond acceptors (Lipinski definition) is 3. The van der Waals surface area contributed by atoms with Crippen LogP contribution < -0.4 is 5.32 Å². The van der Waals surface area contributed by atoms with E-state index in [2.05, 4.69) is 12.2 Å². The van der Waals surface area contributed by atoms with Gasteiger partial charge in [-0.25, -0.2) is 9.59 Å². The lowest BCUT2D eigenvalue weighted by molar-refractivity contribution is -0.146. The summed E-state index contributed by atoms with van der Waals surface area (Å²) in [6, 6.07) is 1.64. The molecular formula is C15H22N2O3S. The fourth-order valence-corrected chi connectivity index (χ4v) is 3.34. The molecule has 0 bridgehead atoms. The summed E-state index contributed by atoms with van der Waals surface area (Å²) in [5.74, 6) is -0.399. The van der Waals surface area contributed by atoms with Crippen molar-refractivity contribution >= 4 is 23.3 Å². The van der Waals surface area contributed by atoms with Crippen LogP contribution in [0, 0.1) is 5.92 Å². The first kappa shape index (κ1) is 15.8. The molecule has 0 radical (unpaired) electrons. The van der Waals surface area contributed by atoms with Crippen molar-refractivity contribution in [1.82, 2.24) is 10.2 Å². The second-order valence-electron chi connectivity index (χ2n) is 5.99. The zero-order chi connectivity index (χ0) is 15.5. The molecular weight excluding hydrogens is 288 g/mol. The van der Waals surface area contributed by atoms with Gasteiger partial charge in [0.2, 0.25) is 0 Å². The van der Waals surface area contributed by atoms with Crippen LogP contribution in [0.15, 0.2) is 16.8 Å². The minimum atomic E-state index is -1.10. The summed E-state index contributed by atoms with van der Waals surface area (Å²) in [6.07, 6.45) is 2.67. The van der Waals surface area contributed by atoms with Crippen LogP contribution in [0.1, 0.15) is 38.2 Å². The van der Waals surface area contributed by atoms with Gasteiger partial charge in [-0.2, -0.15) is 11.3 Å². The molecule has 1 aliphatic rings. The lowest BCUT2D eigenvalue weighted by Crippen LogP contribution is -2.58. The summed E-state index contributed by atoms with van der Waals surface area (Å²) in [4.78, 5) is 25.4. The molecule has 21 heavy (non-hydrogen) atoms. The Kier molecular flexibility index (Phi) is 4.88. The predicted molar refractivity (Wildman–Crippen MR) is 82.3 cm³/mol. The van der Waals surface area contributed by atoms with Gasteiger partial charge in [-0.1, -0.05) is 6.92 Å². The Bertz CT molecular complexity index is 493. The second-order valence-corrected chi connectivity index (χ2v) is 6.77. The Morgan fingerprint density at radius 3 is 2.67 bits per heavy atom. The number of amides is 2. The highest BCUT2D eigenvalue weighted by Crippen LogP contribution is 2.32. The molecule has 0 unspecified atom stereocenters. The van der Waals surface area contributed by atoms with Crippen molar-refractivity contribution in [3.05, 3.63) is 22.4 Å². The van der Waals surface area contributed by atoms with Crippen LogP contribution in [0.2, 0.25) is 0 Å². The second kappa shape index (κ2) is 6.47. The topological polar surface area (TPSA) is 69.6 Å². The molecule has 2 rings (SSSR count). The van der Waals surface area contributed by atoms with E-state index in [9.17, 15) is 14.7 Å². The number of hydrogen-bond donors (Lipinski definition) is 2. The van der Waals surface area contributed by atoms with Gasteiger partial charge in [0.15, 0.2) is 0 Å². The van der Waals surface area contributed by atoms with Gasteiger partial charge in [-0.15, -0.1) is 0 Å². The first-order chi connectivity index (χ1) is 9.93. The average molecular weight is 310 g/mol. The van der Waals surface area contributed by atoms with Crippen LogP contribution in [0.3, 0.4) is 0 Å². The fourth-order valence-electron chi connectivity index (χ4n) is 2.68. The van der Waals surface area contributed by atoms with Crippen LogP contribution in [0.5, 0.6) is 0 Å². The normalized spacial score (nSPS) is 25.3. The van der Waals surface area contributed by atoms with Gasteiger partial charge < -0.3 is 15.3 Å². The van der Waals surface area contributed by atoms with Crippen molar-refractivity contribution in [2.45, 2.75) is 44.7 Å². The number of carboxylic acid groups (broad SMARTS) is 1. The Labute approximate surface area is 129 Å². The number of thiophene rings is 1. The SMILES string of the molecule is CC1CCC(NC(=O)N(C)Cc2ccsc2)(C(=O)O)CC1. The van der Waals surface area contributed by atoms with Crippen molar-refractivity contribution in [3.63, 3.8) is 0 Å². The van der Waals surface area contributed by atoms with Crippen molar-refractivity contribution in [3.8, 4) is 0 Å². The largest absolute Gasteiger partial charge is 0.480 e. The smallest absolute Gasteiger partial charge is 0.329 e. The standard InChI is InChI=1S/C15H22N2O3S/c1-11-3-6-15(7-4-11,13(18)19)16-14(20)17(2)9-12-5-8-21-10-12/h5,8,10-11H,3-4,6-7,9H2,1-2H3,(H,16,20)(H,18,19). The van der Waals surface area contributed by atoms with Gasteiger partial charge in [-0.3, -0.25) is 0 Å². The van der Waals surface area contributed by atoms with Gasteiger partial charge >= 0.3 is 12.0 Å². The highest BCUT2D eigenvalue weighted by Gasteiger charge is 2.42. The molecule has 1 aliphatic carbocycles. The molecule has 0 aromatic carbocycles. The molecule has 0 atom stereocenters. The van der Waals surface area contributed by atoms with Crippen LogP contribution in [-0.2, 0) is 11.3 Å². The monoisotopic (exact) mass is 310 g/mol. The summed E-state index contributed by atoms with van der Waals surface area (Å²) in [5, 5.41) is 16.2. The molecule has 5 nitrogen and oxygen atoms in total. The maximum Gasteiger partial charge on any atom is 0.329 e. The molecule has 0 saturated heterocycles. The first-order valence-corrected chi connectivity index (χ1v) is 8.15. The molecule has 2 amide bonds. The van der Waals surface area contributed by atoms with E-state index >= 15 is 0 Å². The number of carbonyl (C=O) groups is 2. The van der Waals surface area contributed by atoms with Crippen LogP contribution in [0.25, 0.3) is 0 Å². The number of carbonyl (C=O) groups excluding carboxylic acids is 1. The zero-order valence-corrected chi connectivity index (χ0v) is 13.3. The van der Waals surface area contributed by atoms with Crippen LogP contribution >= 0.6 is 11.3 Å². The molecule has 0 spiro atoms. The number of nitrogens with one attached hydrogen (secondary N) is 1. The van der Waals surface area contributed by atoms with Crippen LogP contribution in [0.4, 0.5) is 4.79 Å². The number of urea groups is 1. The summed E-state index contributed by atoms with van der Waals surface area (Å²) >= 11 is 1.58. The third-order valence-corrected chi connectivity index (χ3v) is 4.96. The van der Waals surface area contributed by atoms with Gasteiger partial charge in [-0.05, 0) is 54.0 Å². The lowest BCUT2D eigenvalue weighted by atomic mass is 9.77. The molecule has 1 aromatic rings. The van der Waals surface area contributed by atoms with Gasteiger partial charge in [0.25, 0.3) is 0 Å². The third-order valence-electron chi connectivity index (χ3n) is 4.23. The van der Waals surface area contributed by atoms with Gasteiger partial charge in [0, 0.05) is 13.6 Å². The Morgan fingerprint density at radius 1 is 1.48 bits per heavy atom. The van der Waals surface area contributed by atoms with E-state index in [-0.39, 0.29) is 6.03 Å². The zero-order valence-electron chi connectivity index (χ0n) is 12.5. The van der Waals surface area contributed by atoms with Crippen molar-refractivity contribution in [2.75, 3.05) is 7.05 Å². The highest BCUT2D eigenvalue weighted by molar-refractivity contribution is 7.07. The van der Waals surface area contributed by atoms with Crippen molar-refractivity contribution in [1.29, 1.82) is 0 Å². The minimum Gasteiger partial charge on any atom is -0.480 e. The number of nitrogens with zero attached hydrogens (tertiary/aromatic N) is 1. The molecule has 1 aromatic heterocycles. The third kappa shape index (κ3) is 3.75. The molecule has 1 heterocycles.